The van der Waals surface area contributed by atoms with Crippen LogP contribution in [0.15, 0.2) is 0 Å². The Labute approximate surface area is 111 Å². The summed E-state index contributed by atoms with van der Waals surface area (Å²) in [6, 6.07) is 0.471. The number of hydrogen-bond acceptors (Lipinski definition) is 1. The molecular formula is C15H29F2N. The number of rotatable bonds is 6. The second kappa shape index (κ2) is 6.83. The molecule has 0 aromatic carbocycles. The van der Waals surface area contributed by atoms with Crippen molar-refractivity contribution >= 4 is 0 Å². The lowest BCUT2D eigenvalue weighted by molar-refractivity contribution is -0.0565. The SMILES string of the molecule is CC(C)NCC(CC1CCCC(F)(F)C1)C(C)C. The molecule has 0 bridgehead atoms. The van der Waals surface area contributed by atoms with Crippen LogP contribution >= 0.6 is 0 Å². The molecular weight excluding hydrogens is 232 g/mol. The molecule has 0 amide bonds. The van der Waals surface area contributed by atoms with Crippen LogP contribution in [0.1, 0.15) is 59.8 Å². The summed E-state index contributed by atoms with van der Waals surface area (Å²) in [5.74, 6) is -1.11. The Bertz CT molecular complexity index is 239. The molecule has 1 fully saturated rings. The Kier molecular flexibility index (Phi) is 6.03. The van der Waals surface area contributed by atoms with Crippen LogP contribution in [0.2, 0.25) is 0 Å². The summed E-state index contributed by atoms with van der Waals surface area (Å²) >= 11 is 0. The standard InChI is InChI=1S/C15H29F2N/c1-11(2)14(10-18-12(3)4)8-13-6-5-7-15(16,17)9-13/h11-14,18H,5-10H2,1-4H3. The van der Waals surface area contributed by atoms with Gasteiger partial charge in [-0.2, -0.15) is 0 Å². The van der Waals surface area contributed by atoms with E-state index in [1.54, 1.807) is 0 Å². The van der Waals surface area contributed by atoms with Crippen LogP contribution in [0, 0.1) is 17.8 Å². The van der Waals surface area contributed by atoms with Crippen molar-refractivity contribution in [3.8, 4) is 0 Å². The minimum absolute atomic E-state index is 0.0973. The normalized spacial score (nSPS) is 25.7. The monoisotopic (exact) mass is 261 g/mol. The van der Waals surface area contributed by atoms with Crippen LogP contribution < -0.4 is 5.32 Å². The van der Waals surface area contributed by atoms with E-state index in [1.807, 2.05) is 0 Å². The maximum atomic E-state index is 13.4. The van der Waals surface area contributed by atoms with Crippen molar-refractivity contribution in [3.05, 3.63) is 0 Å². The van der Waals surface area contributed by atoms with Gasteiger partial charge in [-0.25, -0.2) is 8.78 Å². The molecule has 2 atom stereocenters. The molecule has 108 valence electrons. The second-order valence-electron chi connectivity index (χ2n) is 6.62. The molecule has 0 radical (unpaired) electrons. The van der Waals surface area contributed by atoms with E-state index >= 15 is 0 Å². The summed E-state index contributed by atoms with van der Waals surface area (Å²) in [4.78, 5) is 0. The van der Waals surface area contributed by atoms with Crippen LogP contribution in [0.4, 0.5) is 8.78 Å². The molecule has 0 aromatic rings. The van der Waals surface area contributed by atoms with Gasteiger partial charge in [0.2, 0.25) is 5.92 Å². The second-order valence-corrected chi connectivity index (χ2v) is 6.62. The quantitative estimate of drug-likeness (QED) is 0.743. The molecule has 0 saturated heterocycles. The van der Waals surface area contributed by atoms with Gasteiger partial charge >= 0.3 is 0 Å². The largest absolute Gasteiger partial charge is 0.314 e. The van der Waals surface area contributed by atoms with Crippen LogP contribution in [-0.2, 0) is 0 Å². The van der Waals surface area contributed by atoms with E-state index in [-0.39, 0.29) is 18.8 Å². The molecule has 1 N–H and O–H groups in total. The number of nitrogens with one attached hydrogen (secondary N) is 1. The van der Waals surface area contributed by atoms with Gasteiger partial charge in [0.05, 0.1) is 0 Å². The van der Waals surface area contributed by atoms with Crippen LogP contribution in [-0.4, -0.2) is 18.5 Å². The van der Waals surface area contributed by atoms with Gasteiger partial charge in [0.15, 0.2) is 0 Å². The van der Waals surface area contributed by atoms with Crippen LogP contribution in [0.3, 0.4) is 0 Å². The van der Waals surface area contributed by atoms with Gasteiger partial charge in [-0.05, 0) is 37.1 Å². The van der Waals surface area contributed by atoms with Gasteiger partial charge in [-0.1, -0.05) is 34.1 Å². The minimum Gasteiger partial charge on any atom is -0.314 e. The third-order valence-electron chi connectivity index (χ3n) is 4.11. The van der Waals surface area contributed by atoms with Crippen LogP contribution in [0.5, 0.6) is 0 Å². The number of halogens is 2. The zero-order chi connectivity index (χ0) is 13.8. The van der Waals surface area contributed by atoms with Crippen LogP contribution in [0.25, 0.3) is 0 Å². The van der Waals surface area contributed by atoms with Gasteiger partial charge < -0.3 is 5.32 Å². The lowest BCUT2D eigenvalue weighted by atomic mass is 9.78. The predicted molar refractivity (Wildman–Crippen MR) is 73.0 cm³/mol. The van der Waals surface area contributed by atoms with E-state index in [0.29, 0.717) is 24.3 Å². The first-order valence-corrected chi connectivity index (χ1v) is 7.41. The van der Waals surface area contributed by atoms with Gasteiger partial charge in [-0.15, -0.1) is 0 Å². The summed E-state index contributed by atoms with van der Waals surface area (Å²) < 4.78 is 26.8. The molecule has 0 aliphatic heterocycles. The average molecular weight is 261 g/mol. The first-order chi connectivity index (χ1) is 8.30. The summed E-state index contributed by atoms with van der Waals surface area (Å²) in [6.45, 7) is 9.62. The molecule has 0 heterocycles. The molecule has 1 aliphatic rings. The molecule has 1 nitrogen and oxygen atoms in total. The first kappa shape index (κ1) is 15.9. The topological polar surface area (TPSA) is 12.0 Å². The Morgan fingerprint density at radius 1 is 1.22 bits per heavy atom. The fourth-order valence-electron chi connectivity index (χ4n) is 2.88. The lowest BCUT2D eigenvalue weighted by Gasteiger charge is -2.33. The van der Waals surface area contributed by atoms with Crippen molar-refractivity contribution in [2.24, 2.45) is 17.8 Å². The number of hydrogen-bond donors (Lipinski definition) is 1. The summed E-state index contributed by atoms with van der Waals surface area (Å²) in [5, 5.41) is 3.45. The van der Waals surface area contributed by atoms with E-state index in [0.717, 1.165) is 19.4 Å². The highest BCUT2D eigenvalue weighted by atomic mass is 19.3. The zero-order valence-electron chi connectivity index (χ0n) is 12.3. The fraction of sp³-hybridized carbons (Fsp3) is 1.00. The van der Waals surface area contributed by atoms with Gasteiger partial charge in [-0.3, -0.25) is 0 Å². The van der Waals surface area contributed by atoms with Crippen molar-refractivity contribution < 1.29 is 8.78 Å². The third-order valence-corrected chi connectivity index (χ3v) is 4.11. The van der Waals surface area contributed by atoms with Crippen molar-refractivity contribution in [2.45, 2.75) is 71.8 Å². The van der Waals surface area contributed by atoms with E-state index in [4.69, 9.17) is 0 Å². The molecule has 1 saturated carbocycles. The average Bonchev–Trinajstić information content (AvgIpc) is 2.22. The lowest BCUT2D eigenvalue weighted by Crippen LogP contribution is -2.34. The van der Waals surface area contributed by atoms with Crippen molar-refractivity contribution in [3.63, 3.8) is 0 Å². The molecule has 0 aromatic heterocycles. The highest BCUT2D eigenvalue weighted by Crippen LogP contribution is 2.40. The molecule has 1 aliphatic carbocycles. The Morgan fingerprint density at radius 3 is 2.39 bits per heavy atom. The highest BCUT2D eigenvalue weighted by Gasteiger charge is 2.37. The van der Waals surface area contributed by atoms with Gasteiger partial charge in [0.25, 0.3) is 0 Å². The fourth-order valence-corrected chi connectivity index (χ4v) is 2.88. The van der Waals surface area contributed by atoms with Crippen molar-refractivity contribution in [2.75, 3.05) is 6.54 Å². The molecule has 0 spiro atoms. The number of alkyl halides is 2. The summed E-state index contributed by atoms with van der Waals surface area (Å²) in [6.07, 6.45) is 2.84. The van der Waals surface area contributed by atoms with E-state index in [9.17, 15) is 8.78 Å². The van der Waals surface area contributed by atoms with Gasteiger partial charge in [0, 0.05) is 18.9 Å². The Balaban J connectivity index is 2.45. The molecule has 3 heteroatoms. The summed E-state index contributed by atoms with van der Waals surface area (Å²) in [7, 11) is 0. The predicted octanol–water partition coefficient (Wildman–Crippen LogP) is 4.47. The first-order valence-electron chi connectivity index (χ1n) is 7.41. The van der Waals surface area contributed by atoms with E-state index in [1.165, 1.54) is 0 Å². The maximum absolute atomic E-state index is 13.4. The van der Waals surface area contributed by atoms with E-state index < -0.39 is 5.92 Å². The molecule has 1 rings (SSSR count). The summed E-state index contributed by atoms with van der Waals surface area (Å²) in [5.41, 5.74) is 0. The smallest absolute Gasteiger partial charge is 0.248 e. The zero-order valence-corrected chi connectivity index (χ0v) is 12.3. The Morgan fingerprint density at radius 2 is 1.89 bits per heavy atom. The molecule has 2 unspecified atom stereocenters. The van der Waals surface area contributed by atoms with Gasteiger partial charge in [0.1, 0.15) is 0 Å². The van der Waals surface area contributed by atoms with E-state index in [2.05, 4.69) is 33.0 Å². The van der Waals surface area contributed by atoms with Crippen molar-refractivity contribution in [1.82, 2.24) is 5.32 Å². The maximum Gasteiger partial charge on any atom is 0.248 e. The molecule has 18 heavy (non-hydrogen) atoms. The third kappa shape index (κ3) is 5.64. The van der Waals surface area contributed by atoms with Crippen molar-refractivity contribution in [1.29, 1.82) is 0 Å². The Hall–Kier alpha value is -0.180. The highest BCUT2D eigenvalue weighted by molar-refractivity contribution is 4.81. The minimum atomic E-state index is -2.41.